The van der Waals surface area contributed by atoms with Gasteiger partial charge < -0.3 is 19.7 Å². The number of quaternary nitrogens is 1. The summed E-state index contributed by atoms with van der Waals surface area (Å²) in [6.45, 7) is 5.97. The standard InChI is InChI=1S/C24H34N2O3/c1-3-18-11-7-8-14-26(18)15-19-20(27)12-13-21-23(19)22(16(2)29-21)24(28)25-17-9-5-4-6-10-17/h12-13,17-18,27H,3-11,14-15H2,1-2H3,(H,25,28)/p+1/t18-/m1/s1. The molecule has 5 heteroatoms. The van der Waals surface area contributed by atoms with Crippen LogP contribution in [0, 0.1) is 6.92 Å². The zero-order chi connectivity index (χ0) is 20.4. The van der Waals surface area contributed by atoms with E-state index < -0.39 is 0 Å². The average Bonchev–Trinajstić information content (AvgIpc) is 3.07. The van der Waals surface area contributed by atoms with Gasteiger partial charge in [0.05, 0.1) is 23.7 Å². The molecule has 1 unspecified atom stereocenters. The first-order chi connectivity index (χ1) is 14.1. The van der Waals surface area contributed by atoms with Crippen LogP contribution in [-0.4, -0.2) is 29.6 Å². The minimum Gasteiger partial charge on any atom is -0.507 e. The van der Waals surface area contributed by atoms with Gasteiger partial charge in [-0.15, -0.1) is 0 Å². The number of rotatable bonds is 5. The van der Waals surface area contributed by atoms with Gasteiger partial charge in [-0.05, 0) is 57.6 Å². The number of carbonyl (C=O) groups is 1. The van der Waals surface area contributed by atoms with Crippen LogP contribution >= 0.6 is 0 Å². The molecule has 2 aromatic rings. The molecule has 0 radical (unpaired) electrons. The second kappa shape index (κ2) is 8.78. The number of benzene rings is 1. The summed E-state index contributed by atoms with van der Waals surface area (Å²) in [5, 5.41) is 14.8. The van der Waals surface area contributed by atoms with Gasteiger partial charge in [-0.3, -0.25) is 4.79 Å². The number of nitrogens with one attached hydrogen (secondary N) is 2. The number of aromatic hydroxyl groups is 1. The van der Waals surface area contributed by atoms with E-state index in [2.05, 4.69) is 12.2 Å². The van der Waals surface area contributed by atoms with Crippen molar-refractivity contribution < 1.29 is 19.2 Å². The third-order valence-corrected chi connectivity index (χ3v) is 7.06. The van der Waals surface area contributed by atoms with E-state index in [4.69, 9.17) is 4.42 Å². The number of hydrogen-bond donors (Lipinski definition) is 3. The van der Waals surface area contributed by atoms with Crippen LogP contribution < -0.4 is 10.2 Å². The first-order valence-corrected chi connectivity index (χ1v) is 11.5. The Kier molecular flexibility index (Phi) is 6.14. The molecular formula is C24H35N2O3+. The van der Waals surface area contributed by atoms with Crippen molar-refractivity contribution in [2.45, 2.75) is 90.3 Å². The number of phenolic OH excluding ortho intramolecular Hbond substituents is 1. The maximum atomic E-state index is 13.2. The van der Waals surface area contributed by atoms with Gasteiger partial charge in [-0.25, -0.2) is 0 Å². The SMILES string of the molecule is CC[C@@H]1CCCC[NH+]1Cc1c(O)ccc2oc(C)c(C(=O)NC3CCCCC3)c12. The normalized spacial score (nSPS) is 23.4. The molecule has 0 bridgehead atoms. The van der Waals surface area contributed by atoms with Crippen molar-refractivity contribution in [3.63, 3.8) is 0 Å². The van der Waals surface area contributed by atoms with E-state index in [1.54, 1.807) is 12.1 Å². The molecule has 1 saturated carbocycles. The zero-order valence-electron chi connectivity index (χ0n) is 17.9. The van der Waals surface area contributed by atoms with Crippen molar-refractivity contribution in [2.75, 3.05) is 6.54 Å². The van der Waals surface area contributed by atoms with E-state index in [1.807, 2.05) is 6.92 Å². The van der Waals surface area contributed by atoms with Gasteiger partial charge in [-0.2, -0.15) is 0 Å². The molecule has 1 saturated heterocycles. The van der Waals surface area contributed by atoms with Gasteiger partial charge in [0.15, 0.2) is 0 Å². The van der Waals surface area contributed by atoms with E-state index >= 15 is 0 Å². The van der Waals surface area contributed by atoms with Crippen molar-refractivity contribution in [3.05, 3.63) is 29.0 Å². The van der Waals surface area contributed by atoms with E-state index in [0.717, 1.165) is 43.3 Å². The number of aryl methyl sites for hydroxylation is 1. The van der Waals surface area contributed by atoms with Gasteiger partial charge in [0.2, 0.25) is 0 Å². The van der Waals surface area contributed by atoms with Crippen LogP contribution in [0.4, 0.5) is 0 Å². The number of furan rings is 1. The van der Waals surface area contributed by atoms with E-state index in [-0.39, 0.29) is 17.7 Å². The van der Waals surface area contributed by atoms with Gasteiger partial charge in [0.1, 0.15) is 23.6 Å². The lowest BCUT2D eigenvalue weighted by atomic mass is 9.94. The van der Waals surface area contributed by atoms with Crippen LogP contribution in [0.5, 0.6) is 5.75 Å². The fraction of sp³-hybridized carbons (Fsp3) is 0.625. The minimum absolute atomic E-state index is 0.0549. The number of hydrogen-bond acceptors (Lipinski definition) is 3. The fourth-order valence-corrected chi connectivity index (χ4v) is 5.43. The molecule has 0 spiro atoms. The monoisotopic (exact) mass is 399 g/mol. The molecule has 4 rings (SSSR count). The van der Waals surface area contributed by atoms with Crippen LogP contribution in [0.15, 0.2) is 16.5 Å². The molecule has 2 heterocycles. The lowest BCUT2D eigenvalue weighted by Crippen LogP contribution is -3.15. The summed E-state index contributed by atoms with van der Waals surface area (Å²) in [4.78, 5) is 14.7. The highest BCUT2D eigenvalue weighted by Crippen LogP contribution is 2.34. The minimum atomic E-state index is -0.0549. The molecule has 1 aliphatic carbocycles. The number of carbonyl (C=O) groups excluding carboxylic acids is 1. The van der Waals surface area contributed by atoms with Crippen LogP contribution in [0.2, 0.25) is 0 Å². The van der Waals surface area contributed by atoms with Gasteiger partial charge in [0, 0.05) is 11.4 Å². The van der Waals surface area contributed by atoms with E-state index in [1.165, 1.54) is 43.4 Å². The molecule has 5 nitrogen and oxygen atoms in total. The van der Waals surface area contributed by atoms with Gasteiger partial charge >= 0.3 is 0 Å². The third kappa shape index (κ3) is 4.16. The number of amides is 1. The van der Waals surface area contributed by atoms with Crippen LogP contribution in [0.1, 0.15) is 86.4 Å². The molecule has 1 aromatic carbocycles. The predicted molar refractivity (Wildman–Crippen MR) is 114 cm³/mol. The van der Waals surface area contributed by atoms with Gasteiger partial charge in [-0.1, -0.05) is 26.2 Å². The smallest absolute Gasteiger partial charge is 0.255 e. The third-order valence-electron chi connectivity index (χ3n) is 7.06. The number of fused-ring (bicyclic) bond motifs is 1. The number of phenols is 1. The maximum absolute atomic E-state index is 13.2. The molecule has 2 fully saturated rings. The average molecular weight is 400 g/mol. The zero-order valence-corrected chi connectivity index (χ0v) is 17.9. The highest BCUT2D eigenvalue weighted by atomic mass is 16.3. The van der Waals surface area contributed by atoms with Crippen LogP contribution in [-0.2, 0) is 6.54 Å². The summed E-state index contributed by atoms with van der Waals surface area (Å²) in [6, 6.07) is 4.37. The Hall–Kier alpha value is -2.01. The number of likely N-dealkylation sites (tertiary alicyclic amines) is 1. The molecule has 158 valence electrons. The summed E-state index contributed by atoms with van der Waals surface area (Å²) in [5.41, 5.74) is 2.18. The number of piperidine rings is 1. The largest absolute Gasteiger partial charge is 0.507 e. The first kappa shape index (κ1) is 20.3. The second-order valence-electron chi connectivity index (χ2n) is 8.96. The Labute approximate surface area is 173 Å². The van der Waals surface area contributed by atoms with Crippen LogP contribution in [0.3, 0.4) is 0 Å². The van der Waals surface area contributed by atoms with Crippen molar-refractivity contribution in [1.82, 2.24) is 5.32 Å². The highest BCUT2D eigenvalue weighted by Gasteiger charge is 2.30. The van der Waals surface area contributed by atoms with Crippen molar-refractivity contribution in [1.29, 1.82) is 0 Å². The Bertz CT molecular complexity index is 867. The topological polar surface area (TPSA) is 66.9 Å². The molecule has 2 atom stereocenters. The molecule has 3 N–H and O–H groups in total. The van der Waals surface area contributed by atoms with Crippen molar-refractivity contribution in [3.8, 4) is 5.75 Å². The maximum Gasteiger partial charge on any atom is 0.255 e. The lowest BCUT2D eigenvalue weighted by Gasteiger charge is -2.32. The fourth-order valence-electron chi connectivity index (χ4n) is 5.43. The quantitative estimate of drug-likeness (QED) is 0.715. The molecule has 2 aliphatic rings. The molecule has 1 amide bonds. The molecular weight excluding hydrogens is 364 g/mol. The molecule has 29 heavy (non-hydrogen) atoms. The Morgan fingerprint density at radius 2 is 1.93 bits per heavy atom. The van der Waals surface area contributed by atoms with Gasteiger partial charge in [0.25, 0.3) is 5.91 Å². The van der Waals surface area contributed by atoms with Crippen molar-refractivity contribution >= 4 is 16.9 Å². The summed E-state index contributed by atoms with van der Waals surface area (Å²) < 4.78 is 5.97. The molecule has 1 aromatic heterocycles. The lowest BCUT2D eigenvalue weighted by molar-refractivity contribution is -0.943. The Morgan fingerprint density at radius 1 is 1.17 bits per heavy atom. The molecule has 1 aliphatic heterocycles. The predicted octanol–water partition coefficient (Wildman–Crippen LogP) is 3.86. The Morgan fingerprint density at radius 3 is 2.69 bits per heavy atom. The Balaban J connectivity index is 1.68. The van der Waals surface area contributed by atoms with Crippen molar-refractivity contribution in [2.24, 2.45) is 0 Å². The van der Waals surface area contributed by atoms with E-state index in [0.29, 0.717) is 22.9 Å². The summed E-state index contributed by atoms with van der Waals surface area (Å²) in [7, 11) is 0. The highest BCUT2D eigenvalue weighted by molar-refractivity contribution is 6.09. The second-order valence-corrected chi connectivity index (χ2v) is 8.96. The summed E-state index contributed by atoms with van der Waals surface area (Å²) in [6.07, 6.45) is 10.6. The summed E-state index contributed by atoms with van der Waals surface area (Å²) in [5.74, 6) is 0.861. The van der Waals surface area contributed by atoms with Crippen LogP contribution in [0.25, 0.3) is 11.0 Å². The van der Waals surface area contributed by atoms with E-state index in [9.17, 15) is 9.90 Å². The first-order valence-electron chi connectivity index (χ1n) is 11.5. The summed E-state index contributed by atoms with van der Waals surface area (Å²) >= 11 is 0.